The molecule has 2 aromatic carbocycles. The summed E-state index contributed by atoms with van der Waals surface area (Å²) in [6.07, 6.45) is 0. The Morgan fingerprint density at radius 2 is 1.70 bits per heavy atom. The molecule has 3 aromatic rings. The van der Waals surface area contributed by atoms with Gasteiger partial charge in [-0.25, -0.2) is 0 Å². The molecule has 3 rings (SSSR count). The van der Waals surface area contributed by atoms with Gasteiger partial charge < -0.3 is 9.94 Å². The lowest BCUT2D eigenvalue weighted by Gasteiger charge is -2.11. The van der Waals surface area contributed by atoms with Crippen molar-refractivity contribution >= 4 is 10.9 Å². The Bertz CT molecular complexity index is 764. The molecule has 0 aliphatic heterocycles. The number of nitrogens with zero attached hydrogens (tertiary/aromatic N) is 1. The maximum Gasteiger partial charge on any atom is 0.228 e. The summed E-state index contributed by atoms with van der Waals surface area (Å²) in [6, 6.07) is 17.1. The molecule has 0 bridgehead atoms. The van der Waals surface area contributed by atoms with Crippen LogP contribution in [-0.2, 0) is 0 Å². The Morgan fingerprint density at radius 3 is 2.40 bits per heavy atom. The van der Waals surface area contributed by atoms with Gasteiger partial charge >= 0.3 is 0 Å². The van der Waals surface area contributed by atoms with Gasteiger partial charge in [0.15, 0.2) is 0 Å². The summed E-state index contributed by atoms with van der Waals surface area (Å²) in [5.41, 5.74) is 3.26. The molecule has 1 heterocycles. The van der Waals surface area contributed by atoms with E-state index in [1.807, 2.05) is 55.5 Å². The zero-order valence-electron chi connectivity index (χ0n) is 11.5. The third kappa shape index (κ3) is 1.97. The SMILES string of the molecule is COc1cc(-c2ccc(C)cc2)[n+]([O-])c2ccccc12. The minimum absolute atomic E-state index is 0.598. The molecular formula is C17H15NO2. The largest absolute Gasteiger partial charge is 0.618 e. The quantitative estimate of drug-likeness (QED) is 0.525. The molecule has 0 atom stereocenters. The highest BCUT2D eigenvalue weighted by atomic mass is 16.5. The fourth-order valence-electron chi connectivity index (χ4n) is 2.34. The fourth-order valence-corrected chi connectivity index (χ4v) is 2.34. The summed E-state index contributed by atoms with van der Waals surface area (Å²) in [5, 5.41) is 13.4. The molecule has 0 N–H and O–H groups in total. The summed E-state index contributed by atoms with van der Waals surface area (Å²) in [5.74, 6) is 0.711. The Labute approximate surface area is 117 Å². The van der Waals surface area contributed by atoms with Crippen LogP contribution in [-0.4, -0.2) is 7.11 Å². The van der Waals surface area contributed by atoms with Gasteiger partial charge in [-0.15, -0.1) is 0 Å². The topological polar surface area (TPSA) is 36.2 Å². The minimum atomic E-state index is 0.598. The number of hydrogen-bond acceptors (Lipinski definition) is 2. The van der Waals surface area contributed by atoms with Crippen LogP contribution in [0.25, 0.3) is 22.2 Å². The van der Waals surface area contributed by atoms with E-state index >= 15 is 0 Å². The first-order chi connectivity index (χ1) is 9.70. The number of methoxy groups -OCH3 is 1. The standard InChI is InChI=1S/C17H15NO2/c1-12-7-9-13(10-8-12)16-11-17(20-2)14-5-3-4-6-15(14)18(16)19/h3-11H,1-2H3. The average molecular weight is 265 g/mol. The van der Waals surface area contributed by atoms with E-state index in [2.05, 4.69) is 0 Å². The maximum absolute atomic E-state index is 12.5. The second-order valence-electron chi connectivity index (χ2n) is 4.78. The molecule has 0 aliphatic carbocycles. The number of rotatable bonds is 2. The molecule has 3 heteroatoms. The molecular weight excluding hydrogens is 250 g/mol. The van der Waals surface area contributed by atoms with E-state index in [-0.39, 0.29) is 0 Å². The van der Waals surface area contributed by atoms with Crippen LogP contribution < -0.4 is 9.47 Å². The number of aryl methyl sites for hydroxylation is 1. The van der Waals surface area contributed by atoms with E-state index < -0.39 is 0 Å². The highest BCUT2D eigenvalue weighted by Crippen LogP contribution is 2.28. The summed E-state index contributed by atoms with van der Waals surface area (Å²) < 4.78 is 6.38. The number of ether oxygens (including phenoxy) is 1. The molecule has 3 nitrogen and oxygen atoms in total. The molecule has 1 aromatic heterocycles. The molecule has 0 saturated heterocycles. The highest BCUT2D eigenvalue weighted by Gasteiger charge is 2.17. The van der Waals surface area contributed by atoms with Crippen molar-refractivity contribution in [1.29, 1.82) is 0 Å². The molecule has 100 valence electrons. The lowest BCUT2D eigenvalue weighted by molar-refractivity contribution is -0.565. The van der Waals surface area contributed by atoms with Gasteiger partial charge in [-0.05, 0) is 25.1 Å². The molecule has 0 aliphatic rings. The van der Waals surface area contributed by atoms with Crippen molar-refractivity contribution in [1.82, 2.24) is 0 Å². The van der Waals surface area contributed by atoms with Crippen LogP contribution in [0.15, 0.2) is 54.6 Å². The predicted octanol–water partition coefficient (Wildman–Crippen LogP) is 3.46. The summed E-state index contributed by atoms with van der Waals surface area (Å²) >= 11 is 0. The van der Waals surface area contributed by atoms with Crippen molar-refractivity contribution in [3.8, 4) is 17.0 Å². The lowest BCUT2D eigenvalue weighted by Crippen LogP contribution is -2.30. The highest BCUT2D eigenvalue weighted by molar-refractivity contribution is 5.84. The van der Waals surface area contributed by atoms with Gasteiger partial charge in [0.05, 0.1) is 18.6 Å². The summed E-state index contributed by atoms with van der Waals surface area (Å²) in [7, 11) is 1.62. The van der Waals surface area contributed by atoms with Crippen molar-refractivity contribution < 1.29 is 9.47 Å². The molecule has 0 unspecified atom stereocenters. The maximum atomic E-state index is 12.5. The van der Waals surface area contributed by atoms with E-state index in [9.17, 15) is 5.21 Å². The van der Waals surface area contributed by atoms with Crippen LogP contribution in [0, 0.1) is 12.1 Å². The Hall–Kier alpha value is -2.55. The average Bonchev–Trinajstić information content (AvgIpc) is 2.49. The molecule has 0 amide bonds. The first kappa shape index (κ1) is 12.5. The third-order valence-corrected chi connectivity index (χ3v) is 3.44. The fraction of sp³-hybridized carbons (Fsp3) is 0.118. The Balaban J connectivity index is 2.31. The van der Waals surface area contributed by atoms with Gasteiger partial charge in [-0.2, -0.15) is 4.73 Å². The first-order valence-electron chi connectivity index (χ1n) is 6.47. The van der Waals surface area contributed by atoms with Gasteiger partial charge in [0.25, 0.3) is 0 Å². The summed E-state index contributed by atoms with van der Waals surface area (Å²) in [4.78, 5) is 0. The summed E-state index contributed by atoms with van der Waals surface area (Å²) in [6.45, 7) is 2.02. The Morgan fingerprint density at radius 1 is 1.00 bits per heavy atom. The molecule has 0 saturated carbocycles. The van der Waals surface area contributed by atoms with Crippen LogP contribution in [0.4, 0.5) is 0 Å². The van der Waals surface area contributed by atoms with E-state index in [1.54, 1.807) is 13.2 Å². The van der Waals surface area contributed by atoms with Crippen LogP contribution >= 0.6 is 0 Å². The van der Waals surface area contributed by atoms with Crippen LogP contribution in [0.2, 0.25) is 0 Å². The third-order valence-electron chi connectivity index (χ3n) is 3.44. The van der Waals surface area contributed by atoms with Gasteiger partial charge in [0, 0.05) is 11.6 Å². The van der Waals surface area contributed by atoms with Gasteiger partial charge in [-0.3, -0.25) is 0 Å². The number of benzene rings is 2. The second kappa shape index (κ2) is 4.85. The van der Waals surface area contributed by atoms with Crippen LogP contribution in [0.1, 0.15) is 5.56 Å². The smallest absolute Gasteiger partial charge is 0.228 e. The molecule has 0 radical (unpaired) electrons. The predicted molar refractivity (Wildman–Crippen MR) is 79.6 cm³/mol. The van der Waals surface area contributed by atoms with E-state index in [4.69, 9.17) is 4.74 Å². The number of hydrogen-bond donors (Lipinski definition) is 0. The van der Waals surface area contributed by atoms with Crippen LogP contribution in [0.5, 0.6) is 5.75 Å². The van der Waals surface area contributed by atoms with Gasteiger partial charge in [0.1, 0.15) is 5.75 Å². The first-order valence-corrected chi connectivity index (χ1v) is 6.47. The molecule has 0 spiro atoms. The van der Waals surface area contributed by atoms with E-state index in [0.717, 1.165) is 15.7 Å². The van der Waals surface area contributed by atoms with E-state index in [1.165, 1.54) is 5.56 Å². The number of aromatic nitrogens is 1. The second-order valence-corrected chi connectivity index (χ2v) is 4.78. The van der Waals surface area contributed by atoms with Crippen molar-refractivity contribution in [2.45, 2.75) is 6.92 Å². The zero-order chi connectivity index (χ0) is 14.1. The van der Waals surface area contributed by atoms with Crippen molar-refractivity contribution in [3.05, 3.63) is 65.4 Å². The minimum Gasteiger partial charge on any atom is -0.618 e. The zero-order valence-corrected chi connectivity index (χ0v) is 11.5. The molecule has 0 fully saturated rings. The van der Waals surface area contributed by atoms with Crippen molar-refractivity contribution in [2.75, 3.05) is 7.11 Å². The molecule has 20 heavy (non-hydrogen) atoms. The van der Waals surface area contributed by atoms with Gasteiger partial charge in [0.2, 0.25) is 11.2 Å². The number of fused-ring (bicyclic) bond motifs is 1. The van der Waals surface area contributed by atoms with E-state index in [0.29, 0.717) is 17.0 Å². The van der Waals surface area contributed by atoms with Crippen molar-refractivity contribution in [3.63, 3.8) is 0 Å². The Kier molecular flexibility index (Phi) is 3.03. The normalized spacial score (nSPS) is 10.7. The lowest BCUT2D eigenvalue weighted by atomic mass is 10.1. The van der Waals surface area contributed by atoms with Gasteiger partial charge in [-0.1, -0.05) is 29.8 Å². The van der Waals surface area contributed by atoms with Crippen LogP contribution in [0.3, 0.4) is 0 Å². The number of para-hydroxylation sites is 1. The number of pyridine rings is 1. The monoisotopic (exact) mass is 265 g/mol. The van der Waals surface area contributed by atoms with Crippen molar-refractivity contribution in [2.24, 2.45) is 0 Å².